The van der Waals surface area contributed by atoms with Crippen LogP contribution in [0.2, 0.25) is 5.02 Å². The van der Waals surface area contributed by atoms with Gasteiger partial charge in [-0.25, -0.2) is 9.78 Å². The summed E-state index contributed by atoms with van der Waals surface area (Å²) in [6.45, 7) is 0. The van der Waals surface area contributed by atoms with Crippen LogP contribution in [-0.4, -0.2) is 14.2 Å². The molecule has 22 heavy (non-hydrogen) atoms. The molecule has 0 radical (unpaired) electrons. The van der Waals surface area contributed by atoms with E-state index in [0.717, 1.165) is 22.6 Å². The fourth-order valence-corrected chi connectivity index (χ4v) is 2.67. The van der Waals surface area contributed by atoms with Gasteiger partial charge < -0.3 is 9.47 Å². The molecular weight excluding hydrogens is 304 g/mol. The van der Waals surface area contributed by atoms with E-state index in [1.807, 2.05) is 42.5 Å². The molecule has 0 unspecified atom stereocenters. The molecule has 0 aromatic heterocycles. The van der Waals surface area contributed by atoms with Gasteiger partial charge in [0.25, 0.3) is 0 Å². The highest BCUT2D eigenvalue weighted by atomic mass is 35.5. The standard InChI is InChI=1S/C17H17ClO4/c1-19-13-7-8-14(16(9-13)20-2)17-10-15(21-22-17)11-3-5-12(18)6-4-11/h3-9,15,17H,10H2,1-2H3/t15-,17+/m0/s1. The summed E-state index contributed by atoms with van der Waals surface area (Å²) < 4.78 is 10.6. The van der Waals surface area contributed by atoms with Crippen molar-refractivity contribution in [2.24, 2.45) is 0 Å². The molecule has 2 aromatic rings. The van der Waals surface area contributed by atoms with Crippen LogP contribution < -0.4 is 9.47 Å². The van der Waals surface area contributed by atoms with E-state index in [1.54, 1.807) is 14.2 Å². The zero-order chi connectivity index (χ0) is 15.5. The summed E-state index contributed by atoms with van der Waals surface area (Å²) in [5.41, 5.74) is 1.99. The maximum absolute atomic E-state index is 5.91. The molecule has 0 spiro atoms. The molecule has 0 N–H and O–H groups in total. The van der Waals surface area contributed by atoms with Crippen LogP contribution in [0.15, 0.2) is 42.5 Å². The van der Waals surface area contributed by atoms with Gasteiger partial charge in [-0.15, -0.1) is 0 Å². The quantitative estimate of drug-likeness (QED) is 0.778. The lowest BCUT2D eigenvalue weighted by Crippen LogP contribution is -2.00. The highest BCUT2D eigenvalue weighted by Gasteiger charge is 2.31. The predicted molar refractivity (Wildman–Crippen MR) is 83.3 cm³/mol. The van der Waals surface area contributed by atoms with E-state index in [1.165, 1.54) is 0 Å². The number of ether oxygens (including phenoxy) is 2. The van der Waals surface area contributed by atoms with Crippen LogP contribution in [0.25, 0.3) is 0 Å². The lowest BCUT2D eigenvalue weighted by Gasteiger charge is -2.13. The van der Waals surface area contributed by atoms with Crippen molar-refractivity contribution in [2.45, 2.75) is 18.6 Å². The van der Waals surface area contributed by atoms with Gasteiger partial charge in [0.15, 0.2) is 0 Å². The fourth-order valence-electron chi connectivity index (χ4n) is 2.54. The number of halogens is 1. The Bertz CT molecular complexity index is 642. The molecule has 0 aliphatic carbocycles. The van der Waals surface area contributed by atoms with Crippen LogP contribution >= 0.6 is 11.6 Å². The van der Waals surface area contributed by atoms with Gasteiger partial charge in [-0.2, -0.15) is 0 Å². The molecule has 4 nitrogen and oxygen atoms in total. The minimum absolute atomic E-state index is 0.117. The maximum atomic E-state index is 5.91. The second kappa shape index (κ2) is 6.57. The van der Waals surface area contributed by atoms with Crippen molar-refractivity contribution >= 4 is 11.6 Å². The van der Waals surface area contributed by atoms with Crippen LogP contribution in [0.4, 0.5) is 0 Å². The molecule has 0 bridgehead atoms. The molecule has 1 aliphatic rings. The smallest absolute Gasteiger partial charge is 0.128 e. The van der Waals surface area contributed by atoms with Crippen LogP contribution in [0.3, 0.4) is 0 Å². The third kappa shape index (κ3) is 3.04. The average molecular weight is 321 g/mol. The Morgan fingerprint density at radius 3 is 2.36 bits per heavy atom. The van der Waals surface area contributed by atoms with E-state index >= 15 is 0 Å². The Morgan fingerprint density at radius 2 is 1.68 bits per heavy atom. The minimum Gasteiger partial charge on any atom is -0.497 e. The Morgan fingerprint density at radius 1 is 0.955 bits per heavy atom. The normalized spacial score (nSPS) is 20.9. The monoisotopic (exact) mass is 320 g/mol. The Balaban J connectivity index is 1.79. The zero-order valence-corrected chi connectivity index (χ0v) is 13.2. The number of hydrogen-bond donors (Lipinski definition) is 0. The van der Waals surface area contributed by atoms with Crippen LogP contribution in [0.5, 0.6) is 11.5 Å². The number of benzene rings is 2. The molecule has 116 valence electrons. The highest BCUT2D eigenvalue weighted by Crippen LogP contribution is 2.43. The average Bonchev–Trinajstić information content (AvgIpc) is 3.04. The number of rotatable bonds is 4. The van der Waals surface area contributed by atoms with Gasteiger partial charge in [0.2, 0.25) is 0 Å². The molecule has 3 rings (SSSR count). The minimum atomic E-state index is -0.179. The summed E-state index contributed by atoms with van der Waals surface area (Å²) >= 11 is 5.91. The molecule has 0 saturated carbocycles. The first-order valence-electron chi connectivity index (χ1n) is 7.01. The van der Waals surface area contributed by atoms with E-state index in [-0.39, 0.29) is 12.2 Å². The zero-order valence-electron chi connectivity index (χ0n) is 12.4. The molecule has 1 fully saturated rings. The molecule has 1 heterocycles. The third-order valence-corrected chi connectivity index (χ3v) is 4.00. The summed E-state index contributed by atoms with van der Waals surface area (Å²) in [5.74, 6) is 1.47. The molecule has 1 saturated heterocycles. The topological polar surface area (TPSA) is 36.9 Å². The summed E-state index contributed by atoms with van der Waals surface area (Å²) in [5, 5.41) is 0.705. The van der Waals surface area contributed by atoms with Crippen molar-refractivity contribution in [3.63, 3.8) is 0 Å². The maximum Gasteiger partial charge on any atom is 0.128 e. The van der Waals surface area contributed by atoms with Crippen molar-refractivity contribution in [3.8, 4) is 11.5 Å². The first-order valence-corrected chi connectivity index (χ1v) is 7.38. The van der Waals surface area contributed by atoms with Crippen molar-refractivity contribution < 1.29 is 19.2 Å². The summed E-state index contributed by atoms with van der Waals surface area (Å²) in [4.78, 5) is 11.0. The number of hydrogen-bond acceptors (Lipinski definition) is 4. The van der Waals surface area contributed by atoms with Gasteiger partial charge in [-0.1, -0.05) is 23.7 Å². The highest BCUT2D eigenvalue weighted by molar-refractivity contribution is 6.30. The lowest BCUT2D eigenvalue weighted by molar-refractivity contribution is -0.300. The SMILES string of the molecule is COc1ccc([C@H]2C[C@@H](c3ccc(Cl)cc3)OO2)c(OC)c1. The van der Waals surface area contributed by atoms with Crippen LogP contribution in [0, 0.1) is 0 Å². The van der Waals surface area contributed by atoms with Crippen LogP contribution in [0.1, 0.15) is 29.8 Å². The predicted octanol–water partition coefficient (Wildman–Crippen LogP) is 4.49. The van der Waals surface area contributed by atoms with Gasteiger partial charge in [-0.05, 0) is 29.8 Å². The van der Waals surface area contributed by atoms with E-state index in [2.05, 4.69) is 0 Å². The van der Waals surface area contributed by atoms with E-state index in [9.17, 15) is 0 Å². The lowest BCUT2D eigenvalue weighted by atomic mass is 9.99. The van der Waals surface area contributed by atoms with E-state index in [0.29, 0.717) is 11.4 Å². The van der Waals surface area contributed by atoms with Gasteiger partial charge in [0.05, 0.1) is 14.2 Å². The molecule has 0 amide bonds. The second-order valence-corrected chi connectivity index (χ2v) is 5.50. The third-order valence-electron chi connectivity index (χ3n) is 3.75. The van der Waals surface area contributed by atoms with Gasteiger partial charge in [0, 0.05) is 23.1 Å². The van der Waals surface area contributed by atoms with Crippen LogP contribution in [-0.2, 0) is 9.78 Å². The largest absolute Gasteiger partial charge is 0.497 e. The van der Waals surface area contributed by atoms with Crippen molar-refractivity contribution in [3.05, 3.63) is 58.6 Å². The van der Waals surface area contributed by atoms with E-state index < -0.39 is 0 Å². The summed E-state index contributed by atoms with van der Waals surface area (Å²) in [7, 11) is 3.25. The Labute approximate surface area is 134 Å². The van der Waals surface area contributed by atoms with Crippen molar-refractivity contribution in [1.29, 1.82) is 0 Å². The molecule has 2 atom stereocenters. The number of methoxy groups -OCH3 is 2. The first-order chi connectivity index (χ1) is 10.7. The molecule has 2 aromatic carbocycles. The van der Waals surface area contributed by atoms with Gasteiger partial charge in [-0.3, -0.25) is 0 Å². The first kappa shape index (κ1) is 15.2. The second-order valence-electron chi connectivity index (χ2n) is 5.06. The fraction of sp³-hybridized carbons (Fsp3) is 0.294. The summed E-state index contributed by atoms with van der Waals surface area (Å²) in [6, 6.07) is 13.3. The van der Waals surface area contributed by atoms with Gasteiger partial charge in [0.1, 0.15) is 23.7 Å². The molecule has 5 heteroatoms. The summed E-state index contributed by atoms with van der Waals surface area (Å²) in [6.07, 6.45) is 0.417. The Hall–Kier alpha value is -1.75. The van der Waals surface area contributed by atoms with Crippen molar-refractivity contribution in [2.75, 3.05) is 14.2 Å². The Kier molecular flexibility index (Phi) is 4.52. The van der Waals surface area contributed by atoms with Gasteiger partial charge >= 0.3 is 0 Å². The molecular formula is C17H17ClO4. The van der Waals surface area contributed by atoms with E-state index in [4.69, 9.17) is 30.8 Å². The van der Waals surface area contributed by atoms with Crippen molar-refractivity contribution in [1.82, 2.24) is 0 Å². The molecule has 1 aliphatic heterocycles.